The van der Waals surface area contributed by atoms with Crippen LogP contribution in [0.4, 0.5) is 0 Å². The highest BCUT2D eigenvalue weighted by atomic mass is 16.4. The van der Waals surface area contributed by atoms with E-state index >= 15 is 0 Å². The monoisotopic (exact) mass is 435 g/mol. The molecule has 0 aliphatic carbocycles. The summed E-state index contributed by atoms with van der Waals surface area (Å²) in [6.07, 6.45) is 0.201. The summed E-state index contributed by atoms with van der Waals surface area (Å²) in [5.41, 5.74) is 4.64. The van der Waals surface area contributed by atoms with Gasteiger partial charge in [-0.3, -0.25) is 4.79 Å². The zero-order chi connectivity index (χ0) is 23.0. The van der Waals surface area contributed by atoms with E-state index in [1.165, 1.54) is 0 Å². The minimum atomic E-state index is -1.06. The van der Waals surface area contributed by atoms with Crippen LogP contribution in [0, 0.1) is 0 Å². The van der Waals surface area contributed by atoms with Crippen molar-refractivity contribution in [1.82, 2.24) is 5.32 Å². The van der Waals surface area contributed by atoms with Gasteiger partial charge < -0.3 is 10.4 Å². The predicted octanol–water partition coefficient (Wildman–Crippen LogP) is 5.30. The molecule has 4 aromatic carbocycles. The van der Waals surface area contributed by atoms with Crippen LogP contribution >= 0.6 is 0 Å². The molecule has 4 aromatic rings. The molecular weight excluding hydrogens is 410 g/mol. The Bertz CT molecular complexity index is 1150. The van der Waals surface area contributed by atoms with Gasteiger partial charge in [0, 0.05) is 6.42 Å². The van der Waals surface area contributed by atoms with Gasteiger partial charge in [-0.05, 0) is 27.8 Å². The van der Waals surface area contributed by atoms with E-state index in [0.29, 0.717) is 0 Å². The van der Waals surface area contributed by atoms with Crippen LogP contribution in [0.2, 0.25) is 0 Å². The van der Waals surface area contributed by atoms with Crippen molar-refractivity contribution in [2.45, 2.75) is 18.4 Å². The van der Waals surface area contributed by atoms with Crippen LogP contribution in [0.15, 0.2) is 115 Å². The first-order chi connectivity index (χ1) is 16.1. The zero-order valence-electron chi connectivity index (χ0n) is 18.1. The van der Waals surface area contributed by atoms with Crippen molar-refractivity contribution in [2.75, 3.05) is 0 Å². The Labute approximate surface area is 193 Å². The average molecular weight is 436 g/mol. The molecular formula is C29H25NO3. The largest absolute Gasteiger partial charge is 0.480 e. The maximum atomic E-state index is 13.3. The fourth-order valence-electron chi connectivity index (χ4n) is 3.94. The summed E-state index contributed by atoms with van der Waals surface area (Å²) in [6.45, 7) is 0. The third-order valence-electron chi connectivity index (χ3n) is 5.64. The summed E-state index contributed by atoms with van der Waals surface area (Å²) < 4.78 is 0. The molecule has 0 spiro atoms. The number of hydrogen-bond donors (Lipinski definition) is 2. The van der Waals surface area contributed by atoms with Crippen molar-refractivity contribution in [3.63, 3.8) is 0 Å². The van der Waals surface area contributed by atoms with Crippen LogP contribution in [0.3, 0.4) is 0 Å². The van der Waals surface area contributed by atoms with Crippen LogP contribution in [0.1, 0.15) is 22.6 Å². The van der Waals surface area contributed by atoms with Crippen molar-refractivity contribution in [2.24, 2.45) is 0 Å². The molecule has 0 aliphatic rings. The maximum Gasteiger partial charge on any atom is 0.326 e. The molecule has 1 atom stereocenters. The maximum absolute atomic E-state index is 13.3. The molecule has 0 aliphatic heterocycles. The summed E-state index contributed by atoms with van der Waals surface area (Å²) in [6, 6.07) is 35.6. The minimum absolute atomic E-state index is 0.201. The SMILES string of the molecule is O=C(N[C@H](Cc1ccc(-c2ccccc2)cc1)C(=O)O)C(c1ccccc1)c1ccccc1. The minimum Gasteiger partial charge on any atom is -0.480 e. The summed E-state index contributed by atoms with van der Waals surface area (Å²) in [5.74, 6) is -1.98. The molecule has 4 nitrogen and oxygen atoms in total. The van der Waals surface area contributed by atoms with Crippen molar-refractivity contribution in [3.05, 3.63) is 132 Å². The van der Waals surface area contributed by atoms with Gasteiger partial charge in [-0.15, -0.1) is 0 Å². The van der Waals surface area contributed by atoms with Gasteiger partial charge in [0.2, 0.25) is 5.91 Å². The molecule has 0 unspecified atom stereocenters. The molecule has 0 heterocycles. The lowest BCUT2D eigenvalue weighted by atomic mass is 9.90. The standard InChI is InChI=1S/C29H25NO3/c31-28(27(24-12-6-2-7-13-24)25-14-8-3-9-15-25)30-26(29(32)33)20-21-16-18-23(19-17-21)22-10-4-1-5-11-22/h1-19,26-27H,20H2,(H,30,31)(H,32,33)/t26-/m1/s1. The normalized spacial score (nSPS) is 11.7. The quantitative estimate of drug-likeness (QED) is 0.395. The summed E-state index contributed by atoms with van der Waals surface area (Å²) >= 11 is 0. The van der Waals surface area contributed by atoms with E-state index in [0.717, 1.165) is 27.8 Å². The van der Waals surface area contributed by atoms with Crippen molar-refractivity contribution in [1.29, 1.82) is 0 Å². The molecule has 4 rings (SSSR count). The second kappa shape index (κ2) is 10.4. The topological polar surface area (TPSA) is 66.4 Å². The number of rotatable bonds is 8. The fourth-order valence-corrected chi connectivity index (χ4v) is 3.94. The van der Waals surface area contributed by atoms with Gasteiger partial charge in [-0.1, -0.05) is 115 Å². The number of nitrogens with one attached hydrogen (secondary N) is 1. The molecule has 33 heavy (non-hydrogen) atoms. The predicted molar refractivity (Wildman–Crippen MR) is 130 cm³/mol. The summed E-state index contributed by atoms with van der Waals surface area (Å²) in [4.78, 5) is 25.3. The Morgan fingerprint density at radius 3 is 1.58 bits per heavy atom. The third-order valence-corrected chi connectivity index (χ3v) is 5.64. The molecule has 0 saturated carbocycles. The van der Waals surface area contributed by atoms with Crippen LogP contribution in [-0.4, -0.2) is 23.0 Å². The number of carbonyl (C=O) groups excluding carboxylic acids is 1. The van der Waals surface area contributed by atoms with E-state index < -0.39 is 17.9 Å². The van der Waals surface area contributed by atoms with Gasteiger partial charge in [-0.2, -0.15) is 0 Å². The van der Waals surface area contributed by atoms with Gasteiger partial charge >= 0.3 is 5.97 Å². The smallest absolute Gasteiger partial charge is 0.326 e. The highest BCUT2D eigenvalue weighted by molar-refractivity contribution is 5.90. The van der Waals surface area contributed by atoms with Gasteiger partial charge in [0.1, 0.15) is 6.04 Å². The molecule has 0 saturated heterocycles. The first-order valence-corrected chi connectivity index (χ1v) is 10.9. The molecule has 0 aromatic heterocycles. The Hall–Kier alpha value is -4.18. The Morgan fingerprint density at radius 2 is 1.09 bits per heavy atom. The fraction of sp³-hybridized carbons (Fsp3) is 0.103. The number of carboxylic acid groups (broad SMARTS) is 1. The molecule has 0 radical (unpaired) electrons. The highest BCUT2D eigenvalue weighted by Crippen LogP contribution is 2.25. The molecule has 0 fully saturated rings. The number of carboxylic acids is 1. The van der Waals surface area contributed by atoms with Crippen LogP contribution in [-0.2, 0) is 16.0 Å². The van der Waals surface area contributed by atoms with Crippen molar-refractivity contribution in [3.8, 4) is 11.1 Å². The van der Waals surface area contributed by atoms with E-state index in [-0.39, 0.29) is 12.3 Å². The van der Waals surface area contributed by atoms with E-state index in [4.69, 9.17) is 0 Å². The summed E-state index contributed by atoms with van der Waals surface area (Å²) in [5, 5.41) is 12.6. The second-order valence-corrected chi connectivity index (χ2v) is 7.92. The zero-order valence-corrected chi connectivity index (χ0v) is 18.1. The van der Waals surface area contributed by atoms with Gasteiger partial charge in [0.25, 0.3) is 0 Å². The molecule has 4 heteroatoms. The van der Waals surface area contributed by atoms with Gasteiger partial charge in [0.05, 0.1) is 5.92 Å². The molecule has 2 N–H and O–H groups in total. The van der Waals surface area contributed by atoms with Gasteiger partial charge in [0.15, 0.2) is 0 Å². The van der Waals surface area contributed by atoms with E-state index in [2.05, 4.69) is 5.32 Å². The first kappa shape index (κ1) is 22.0. The van der Waals surface area contributed by atoms with E-state index in [1.54, 1.807) is 0 Å². The lowest BCUT2D eigenvalue weighted by Gasteiger charge is -2.21. The van der Waals surface area contributed by atoms with Gasteiger partial charge in [-0.25, -0.2) is 4.79 Å². The van der Waals surface area contributed by atoms with E-state index in [9.17, 15) is 14.7 Å². The van der Waals surface area contributed by atoms with Crippen LogP contribution in [0.5, 0.6) is 0 Å². The highest BCUT2D eigenvalue weighted by Gasteiger charge is 2.27. The Kier molecular flexibility index (Phi) is 6.96. The Morgan fingerprint density at radius 1 is 0.636 bits per heavy atom. The van der Waals surface area contributed by atoms with Crippen molar-refractivity contribution < 1.29 is 14.7 Å². The average Bonchev–Trinajstić information content (AvgIpc) is 2.86. The van der Waals surface area contributed by atoms with Crippen molar-refractivity contribution >= 4 is 11.9 Å². The third kappa shape index (κ3) is 5.55. The number of aliphatic carboxylic acids is 1. The number of hydrogen-bond acceptors (Lipinski definition) is 2. The molecule has 1 amide bonds. The lowest BCUT2D eigenvalue weighted by molar-refractivity contribution is -0.141. The van der Waals surface area contributed by atoms with Crippen LogP contribution in [0.25, 0.3) is 11.1 Å². The Balaban J connectivity index is 1.53. The van der Waals surface area contributed by atoms with E-state index in [1.807, 2.05) is 115 Å². The first-order valence-electron chi connectivity index (χ1n) is 10.9. The second-order valence-electron chi connectivity index (χ2n) is 7.92. The van der Waals surface area contributed by atoms with Crippen LogP contribution < -0.4 is 5.32 Å². The summed E-state index contributed by atoms with van der Waals surface area (Å²) in [7, 11) is 0. The molecule has 0 bridgehead atoms. The number of amides is 1. The molecule has 164 valence electrons. The lowest BCUT2D eigenvalue weighted by Crippen LogP contribution is -2.44. The number of benzene rings is 4. The number of carbonyl (C=O) groups is 2.